The topological polar surface area (TPSA) is 237 Å². The lowest BCUT2D eigenvalue weighted by Gasteiger charge is -2.21. The molecule has 19 heteroatoms. The molecule has 93 heavy (non-hydrogen) atoms. The summed E-state index contributed by atoms with van der Waals surface area (Å²) in [6, 6.07) is 0. The molecule has 0 heterocycles. The summed E-state index contributed by atoms with van der Waals surface area (Å²) < 4.78 is 68.3. The van der Waals surface area contributed by atoms with E-state index in [1.165, 1.54) is 199 Å². The van der Waals surface area contributed by atoms with Gasteiger partial charge in [-0.15, -0.1) is 0 Å². The van der Waals surface area contributed by atoms with Gasteiger partial charge in [-0.2, -0.15) is 0 Å². The number of hydrogen-bond acceptors (Lipinski definition) is 15. The van der Waals surface area contributed by atoms with E-state index in [9.17, 15) is 43.2 Å². The number of rotatable bonds is 74. The molecule has 3 N–H and O–H groups in total. The molecule has 17 nitrogen and oxygen atoms in total. The molecule has 0 aromatic rings. The second-order valence-corrected chi connectivity index (χ2v) is 30.1. The van der Waals surface area contributed by atoms with Gasteiger partial charge in [-0.1, -0.05) is 336 Å². The van der Waals surface area contributed by atoms with Crippen molar-refractivity contribution in [1.82, 2.24) is 0 Å². The van der Waals surface area contributed by atoms with Crippen LogP contribution in [0.2, 0.25) is 0 Å². The third-order valence-electron chi connectivity index (χ3n) is 17.3. The predicted molar refractivity (Wildman–Crippen MR) is 377 cm³/mol. The number of carbonyl (C=O) groups excluding carboxylic acids is 4. The number of aliphatic hydroxyl groups is 1. The maximum atomic E-state index is 13.1. The molecule has 2 unspecified atom stereocenters. The number of unbranched alkanes of at least 4 members (excludes halogenated alkanes) is 46. The van der Waals surface area contributed by atoms with Crippen LogP contribution in [0, 0.1) is 5.92 Å². The van der Waals surface area contributed by atoms with Crippen LogP contribution >= 0.6 is 15.6 Å². The zero-order chi connectivity index (χ0) is 68.4. The molecule has 0 bridgehead atoms. The molecule has 0 radical (unpaired) electrons. The molecular weight excluding hydrogens is 1220 g/mol. The van der Waals surface area contributed by atoms with Gasteiger partial charge in [0.2, 0.25) is 0 Å². The zero-order valence-electron chi connectivity index (χ0n) is 60.4. The molecule has 0 spiro atoms. The third kappa shape index (κ3) is 68.4. The molecule has 0 saturated heterocycles. The van der Waals surface area contributed by atoms with E-state index in [-0.39, 0.29) is 25.7 Å². The molecule has 0 aliphatic rings. The summed E-state index contributed by atoms with van der Waals surface area (Å²) in [7, 11) is -9.90. The van der Waals surface area contributed by atoms with Crippen LogP contribution in [0.3, 0.4) is 0 Å². The molecular formula is C74H144O17P2. The second-order valence-electron chi connectivity index (χ2n) is 27.2. The summed E-state index contributed by atoms with van der Waals surface area (Å²) in [5, 5.41) is 10.6. The first-order valence-corrected chi connectivity index (χ1v) is 41.6. The SMILES string of the molecule is CCCCCCCCCCCCCCCCCCCCCCCC(=O)O[C@H](COC(=O)CCCCCCCCCCCCCCCC(C)C)COP(=O)(O)OC[C@@H](O)COP(=O)(O)OC[C@@H](COC(=O)CCCCCCCCCC)OC(=O)CCCCCCCCCC. The van der Waals surface area contributed by atoms with Gasteiger partial charge in [-0.3, -0.25) is 37.3 Å². The van der Waals surface area contributed by atoms with Crippen LogP contribution in [0.5, 0.6) is 0 Å². The van der Waals surface area contributed by atoms with Crippen LogP contribution in [-0.4, -0.2) is 96.7 Å². The summed E-state index contributed by atoms with van der Waals surface area (Å²) in [4.78, 5) is 72.5. The Hall–Kier alpha value is -1.94. The Bertz CT molecular complexity index is 1790. The van der Waals surface area contributed by atoms with Crippen molar-refractivity contribution in [3.05, 3.63) is 0 Å². The average molecular weight is 1370 g/mol. The van der Waals surface area contributed by atoms with Crippen molar-refractivity contribution in [3.63, 3.8) is 0 Å². The van der Waals surface area contributed by atoms with Crippen molar-refractivity contribution in [2.75, 3.05) is 39.6 Å². The van der Waals surface area contributed by atoms with Crippen LogP contribution < -0.4 is 0 Å². The molecule has 0 rings (SSSR count). The van der Waals surface area contributed by atoms with Crippen molar-refractivity contribution >= 4 is 39.5 Å². The highest BCUT2D eigenvalue weighted by Gasteiger charge is 2.30. The van der Waals surface area contributed by atoms with Crippen LogP contribution in [-0.2, 0) is 65.4 Å². The van der Waals surface area contributed by atoms with E-state index in [2.05, 4.69) is 34.6 Å². The van der Waals surface area contributed by atoms with E-state index < -0.39 is 97.5 Å². The van der Waals surface area contributed by atoms with Gasteiger partial charge in [0.25, 0.3) is 0 Å². The Labute approximate surface area is 568 Å². The van der Waals surface area contributed by atoms with E-state index in [1.54, 1.807) is 0 Å². The minimum absolute atomic E-state index is 0.105. The number of carbonyl (C=O) groups is 4. The first-order valence-electron chi connectivity index (χ1n) is 38.6. The molecule has 0 aliphatic heterocycles. The standard InChI is InChI=1S/C74H144O17P2/c1-6-9-12-15-18-21-22-23-24-25-26-27-28-29-30-33-37-40-45-50-55-60-74(79)91-70(64-85-72(77)58-53-48-44-39-36-34-31-32-35-38-41-46-51-56-67(4)5)66-89-93(82,83)87-62-68(75)61-86-92(80,81)88-65-69(90-73(78)59-54-49-43-20-17-14-11-8-3)63-84-71(76)57-52-47-42-19-16-13-10-7-2/h67-70,75H,6-66H2,1-5H3,(H,80,81)(H,82,83)/t68-,69+,70+/m0/s1. The lowest BCUT2D eigenvalue weighted by molar-refractivity contribution is -0.161. The largest absolute Gasteiger partial charge is 0.472 e. The number of ether oxygens (including phenoxy) is 4. The molecule has 0 aromatic heterocycles. The fourth-order valence-corrected chi connectivity index (χ4v) is 12.9. The fraction of sp³-hybridized carbons (Fsp3) is 0.946. The Kier molecular flexibility index (Phi) is 65.9. The number of phosphoric ester groups is 2. The van der Waals surface area contributed by atoms with E-state index in [0.29, 0.717) is 25.7 Å². The van der Waals surface area contributed by atoms with Crippen molar-refractivity contribution in [3.8, 4) is 0 Å². The first-order chi connectivity index (χ1) is 45.0. The summed E-state index contributed by atoms with van der Waals surface area (Å²) in [6.07, 6.45) is 55.8. The Morgan fingerprint density at radius 3 is 0.731 bits per heavy atom. The van der Waals surface area contributed by atoms with Crippen LogP contribution in [0.25, 0.3) is 0 Å². The van der Waals surface area contributed by atoms with Gasteiger partial charge in [0.1, 0.15) is 19.3 Å². The van der Waals surface area contributed by atoms with Gasteiger partial charge in [-0.05, 0) is 31.6 Å². The predicted octanol–water partition coefficient (Wildman–Crippen LogP) is 21.7. The van der Waals surface area contributed by atoms with Crippen molar-refractivity contribution < 1.29 is 80.2 Å². The minimum Gasteiger partial charge on any atom is -0.462 e. The van der Waals surface area contributed by atoms with E-state index in [1.807, 2.05) is 0 Å². The van der Waals surface area contributed by atoms with Gasteiger partial charge in [-0.25, -0.2) is 9.13 Å². The third-order valence-corrected chi connectivity index (χ3v) is 19.2. The monoisotopic (exact) mass is 1370 g/mol. The smallest absolute Gasteiger partial charge is 0.462 e. The highest BCUT2D eigenvalue weighted by atomic mass is 31.2. The first kappa shape index (κ1) is 91.1. The van der Waals surface area contributed by atoms with Crippen LogP contribution in [0.1, 0.15) is 388 Å². The van der Waals surface area contributed by atoms with Gasteiger partial charge in [0, 0.05) is 25.7 Å². The molecule has 5 atom stereocenters. The van der Waals surface area contributed by atoms with Crippen molar-refractivity contribution in [1.29, 1.82) is 0 Å². The van der Waals surface area contributed by atoms with Gasteiger partial charge < -0.3 is 33.8 Å². The number of hydrogen-bond donors (Lipinski definition) is 3. The highest BCUT2D eigenvalue weighted by molar-refractivity contribution is 7.47. The number of esters is 4. The van der Waals surface area contributed by atoms with E-state index in [0.717, 1.165) is 109 Å². The summed E-state index contributed by atoms with van der Waals surface area (Å²) >= 11 is 0. The summed E-state index contributed by atoms with van der Waals surface area (Å²) in [5.74, 6) is -1.33. The molecule has 552 valence electrons. The Morgan fingerprint density at radius 1 is 0.290 bits per heavy atom. The molecule has 0 aromatic carbocycles. The summed E-state index contributed by atoms with van der Waals surface area (Å²) in [5.41, 5.74) is 0. The van der Waals surface area contributed by atoms with Crippen LogP contribution in [0.4, 0.5) is 0 Å². The van der Waals surface area contributed by atoms with Gasteiger partial charge >= 0.3 is 39.5 Å². The Balaban J connectivity index is 5.14. The van der Waals surface area contributed by atoms with Gasteiger partial charge in [0.15, 0.2) is 12.2 Å². The van der Waals surface area contributed by atoms with Crippen molar-refractivity contribution in [2.45, 2.75) is 406 Å². The lowest BCUT2D eigenvalue weighted by Crippen LogP contribution is -2.30. The summed E-state index contributed by atoms with van der Waals surface area (Å²) in [6.45, 7) is 7.23. The maximum absolute atomic E-state index is 13.1. The molecule has 0 amide bonds. The van der Waals surface area contributed by atoms with E-state index in [4.69, 9.17) is 37.0 Å². The number of aliphatic hydroxyl groups excluding tert-OH is 1. The fourth-order valence-electron chi connectivity index (χ4n) is 11.4. The van der Waals surface area contributed by atoms with Crippen LogP contribution in [0.15, 0.2) is 0 Å². The second kappa shape index (κ2) is 67.3. The lowest BCUT2D eigenvalue weighted by atomic mass is 10.0. The average Bonchev–Trinajstić information content (AvgIpc) is 3.57. The van der Waals surface area contributed by atoms with E-state index >= 15 is 0 Å². The highest BCUT2D eigenvalue weighted by Crippen LogP contribution is 2.45. The van der Waals surface area contributed by atoms with Gasteiger partial charge in [0.05, 0.1) is 26.4 Å². The molecule has 0 aliphatic carbocycles. The van der Waals surface area contributed by atoms with Crippen molar-refractivity contribution in [2.24, 2.45) is 5.92 Å². The minimum atomic E-state index is -4.95. The zero-order valence-corrected chi connectivity index (χ0v) is 62.2. The normalized spacial score (nSPS) is 14.0. The quantitative estimate of drug-likeness (QED) is 0.0222. The number of phosphoric acid groups is 2. The maximum Gasteiger partial charge on any atom is 0.472 e. The molecule has 0 saturated carbocycles. The Morgan fingerprint density at radius 2 is 0.495 bits per heavy atom. The molecule has 0 fully saturated rings.